The molecule has 1 aromatic rings. The van der Waals surface area contributed by atoms with E-state index in [0.717, 1.165) is 19.3 Å². The van der Waals surface area contributed by atoms with E-state index in [1.807, 2.05) is 6.07 Å². The summed E-state index contributed by atoms with van der Waals surface area (Å²) in [5.74, 6) is -0.0487. The summed E-state index contributed by atoms with van der Waals surface area (Å²) in [6, 6.07) is 3.42. The first-order chi connectivity index (χ1) is 10.5. The van der Waals surface area contributed by atoms with E-state index < -0.39 is 0 Å². The second-order valence-corrected chi connectivity index (χ2v) is 5.82. The highest BCUT2D eigenvalue weighted by molar-refractivity contribution is 6.32. The quantitative estimate of drug-likeness (QED) is 0.892. The Bertz CT molecular complexity index is 626. The van der Waals surface area contributed by atoms with Gasteiger partial charge in [-0.05, 0) is 19.3 Å². The molecule has 7 heteroatoms. The molecule has 22 heavy (non-hydrogen) atoms. The van der Waals surface area contributed by atoms with Crippen molar-refractivity contribution in [1.82, 2.24) is 10.3 Å². The number of carbonyl (C=O) groups excluding carboxylic acids is 2. The van der Waals surface area contributed by atoms with Crippen LogP contribution in [0.15, 0.2) is 12.3 Å². The fourth-order valence-electron chi connectivity index (χ4n) is 2.66. The van der Waals surface area contributed by atoms with Crippen LogP contribution in [0.2, 0.25) is 5.02 Å². The smallest absolute Gasteiger partial charge is 0.228 e. The molecule has 0 bridgehead atoms. The van der Waals surface area contributed by atoms with Crippen molar-refractivity contribution in [3.63, 3.8) is 0 Å². The van der Waals surface area contributed by atoms with Gasteiger partial charge in [0.25, 0.3) is 0 Å². The van der Waals surface area contributed by atoms with Crippen molar-refractivity contribution in [2.75, 3.05) is 5.32 Å². The number of rotatable bonds is 3. The van der Waals surface area contributed by atoms with Gasteiger partial charge >= 0.3 is 0 Å². The molecule has 0 saturated heterocycles. The third-order valence-electron chi connectivity index (χ3n) is 3.68. The lowest BCUT2D eigenvalue weighted by Crippen LogP contribution is -2.40. The average Bonchev–Trinajstić information content (AvgIpc) is 2.47. The Morgan fingerprint density at radius 2 is 2.23 bits per heavy atom. The van der Waals surface area contributed by atoms with E-state index in [1.54, 1.807) is 0 Å². The fraction of sp³-hybridized carbons (Fsp3) is 0.467. The highest BCUT2D eigenvalue weighted by Gasteiger charge is 2.27. The summed E-state index contributed by atoms with van der Waals surface area (Å²) in [5.41, 5.74) is 0.267. The van der Waals surface area contributed by atoms with Crippen LogP contribution >= 0.6 is 11.6 Å². The molecule has 2 rings (SSSR count). The van der Waals surface area contributed by atoms with E-state index in [1.165, 1.54) is 19.2 Å². The highest BCUT2D eigenvalue weighted by atomic mass is 35.5. The number of carbonyl (C=O) groups is 2. The number of nitrogens with zero attached hydrogens (tertiary/aromatic N) is 2. The van der Waals surface area contributed by atoms with Gasteiger partial charge in [0.2, 0.25) is 11.8 Å². The summed E-state index contributed by atoms with van der Waals surface area (Å²) in [5, 5.41) is 14.6. The molecule has 1 fully saturated rings. The first kappa shape index (κ1) is 16.2. The monoisotopic (exact) mass is 320 g/mol. The van der Waals surface area contributed by atoms with Gasteiger partial charge in [0.1, 0.15) is 11.9 Å². The van der Waals surface area contributed by atoms with Crippen molar-refractivity contribution in [3.05, 3.63) is 22.8 Å². The maximum absolute atomic E-state index is 12.3. The molecule has 1 saturated carbocycles. The molecule has 6 nitrogen and oxygen atoms in total. The van der Waals surface area contributed by atoms with Crippen molar-refractivity contribution >= 4 is 29.2 Å². The number of halogens is 1. The average molecular weight is 321 g/mol. The van der Waals surface area contributed by atoms with Gasteiger partial charge in [-0.2, -0.15) is 5.26 Å². The molecule has 0 aromatic carbocycles. The first-order valence-corrected chi connectivity index (χ1v) is 7.51. The predicted octanol–water partition coefficient (Wildman–Crippen LogP) is 2.24. The summed E-state index contributed by atoms with van der Waals surface area (Å²) >= 11 is 5.92. The van der Waals surface area contributed by atoms with Crippen molar-refractivity contribution in [3.8, 4) is 6.07 Å². The minimum Gasteiger partial charge on any atom is -0.354 e. The topological polar surface area (TPSA) is 94.9 Å². The molecule has 116 valence electrons. The number of anilines is 1. The van der Waals surface area contributed by atoms with Gasteiger partial charge in [0, 0.05) is 31.1 Å². The normalized spacial score (nSPS) is 20.8. The van der Waals surface area contributed by atoms with E-state index in [4.69, 9.17) is 16.9 Å². The Balaban J connectivity index is 1.98. The largest absolute Gasteiger partial charge is 0.354 e. The molecular weight excluding hydrogens is 304 g/mol. The lowest BCUT2D eigenvalue weighted by molar-refractivity contribution is -0.123. The number of nitriles is 1. The SMILES string of the molecule is CC(=O)N[C@H]1CCC[C@@H](C(=O)Nc2cc(Cl)c(C#N)cn2)C1. The van der Waals surface area contributed by atoms with Gasteiger partial charge in [-0.3, -0.25) is 9.59 Å². The van der Waals surface area contributed by atoms with E-state index in [-0.39, 0.29) is 34.4 Å². The van der Waals surface area contributed by atoms with Crippen LogP contribution < -0.4 is 10.6 Å². The van der Waals surface area contributed by atoms with Crippen LogP contribution in [0.25, 0.3) is 0 Å². The Morgan fingerprint density at radius 3 is 2.86 bits per heavy atom. The van der Waals surface area contributed by atoms with Crippen molar-refractivity contribution in [2.45, 2.75) is 38.6 Å². The van der Waals surface area contributed by atoms with Crippen molar-refractivity contribution in [2.24, 2.45) is 5.92 Å². The Hall–Kier alpha value is -2.13. The van der Waals surface area contributed by atoms with Gasteiger partial charge in [0.05, 0.1) is 10.6 Å². The van der Waals surface area contributed by atoms with E-state index in [0.29, 0.717) is 12.2 Å². The molecular formula is C15H17ClN4O2. The van der Waals surface area contributed by atoms with Gasteiger partial charge in [0.15, 0.2) is 0 Å². The summed E-state index contributed by atoms with van der Waals surface area (Å²) in [4.78, 5) is 27.4. The van der Waals surface area contributed by atoms with E-state index in [2.05, 4.69) is 15.6 Å². The van der Waals surface area contributed by atoms with Crippen LogP contribution in [-0.4, -0.2) is 22.8 Å². The number of hydrogen-bond acceptors (Lipinski definition) is 4. The first-order valence-electron chi connectivity index (χ1n) is 7.13. The minimum absolute atomic E-state index is 0.0412. The van der Waals surface area contributed by atoms with Crippen molar-refractivity contribution < 1.29 is 9.59 Å². The molecule has 0 spiro atoms. The predicted molar refractivity (Wildman–Crippen MR) is 82.2 cm³/mol. The fourth-order valence-corrected chi connectivity index (χ4v) is 2.85. The molecule has 2 atom stereocenters. The lowest BCUT2D eigenvalue weighted by atomic mass is 9.85. The number of nitrogens with one attached hydrogen (secondary N) is 2. The highest BCUT2D eigenvalue weighted by Crippen LogP contribution is 2.26. The van der Waals surface area contributed by atoms with Crippen LogP contribution in [0.4, 0.5) is 5.82 Å². The maximum atomic E-state index is 12.3. The molecule has 0 radical (unpaired) electrons. The van der Waals surface area contributed by atoms with Crippen molar-refractivity contribution in [1.29, 1.82) is 5.26 Å². The Labute approximate surface area is 133 Å². The molecule has 1 aromatic heterocycles. The Morgan fingerprint density at radius 1 is 1.45 bits per heavy atom. The van der Waals surface area contributed by atoms with Crippen LogP contribution in [0, 0.1) is 17.2 Å². The summed E-state index contributed by atoms with van der Waals surface area (Å²) in [6.07, 6.45) is 4.52. The van der Waals surface area contributed by atoms with Crippen LogP contribution in [0.3, 0.4) is 0 Å². The molecule has 0 unspecified atom stereocenters. The molecule has 1 heterocycles. The standard InChI is InChI=1S/C15H17ClN4O2/c1-9(21)19-12-4-2-3-10(5-12)15(22)20-14-6-13(16)11(7-17)8-18-14/h6,8,10,12H,2-5H2,1H3,(H,19,21)(H,18,20,22)/t10-,12+/m1/s1. The van der Waals surface area contributed by atoms with Crippen LogP contribution in [0.5, 0.6) is 0 Å². The Kier molecular flexibility index (Phi) is 5.34. The molecule has 0 aliphatic heterocycles. The number of aromatic nitrogens is 1. The second-order valence-electron chi connectivity index (χ2n) is 5.41. The summed E-state index contributed by atoms with van der Waals surface area (Å²) in [6.45, 7) is 1.48. The van der Waals surface area contributed by atoms with Gasteiger partial charge in [-0.25, -0.2) is 4.98 Å². The zero-order chi connectivity index (χ0) is 16.1. The van der Waals surface area contributed by atoms with E-state index in [9.17, 15) is 9.59 Å². The lowest BCUT2D eigenvalue weighted by Gasteiger charge is -2.28. The molecule has 2 N–H and O–H groups in total. The second kappa shape index (κ2) is 7.23. The van der Waals surface area contributed by atoms with Gasteiger partial charge in [-0.15, -0.1) is 0 Å². The summed E-state index contributed by atoms with van der Waals surface area (Å²) < 4.78 is 0. The summed E-state index contributed by atoms with van der Waals surface area (Å²) in [7, 11) is 0. The molecule has 1 aliphatic carbocycles. The van der Waals surface area contributed by atoms with Crippen LogP contribution in [-0.2, 0) is 9.59 Å². The molecule has 1 aliphatic rings. The third-order valence-corrected chi connectivity index (χ3v) is 3.99. The zero-order valence-electron chi connectivity index (χ0n) is 12.2. The van der Waals surface area contributed by atoms with Gasteiger partial charge in [-0.1, -0.05) is 18.0 Å². The van der Waals surface area contributed by atoms with E-state index >= 15 is 0 Å². The third kappa shape index (κ3) is 4.18. The van der Waals surface area contributed by atoms with Crippen LogP contribution in [0.1, 0.15) is 38.2 Å². The minimum atomic E-state index is -0.165. The molecule has 2 amide bonds. The number of hydrogen-bond donors (Lipinski definition) is 2. The maximum Gasteiger partial charge on any atom is 0.228 e. The number of pyridine rings is 1. The zero-order valence-corrected chi connectivity index (χ0v) is 13.0. The number of amides is 2. The van der Waals surface area contributed by atoms with Gasteiger partial charge < -0.3 is 10.6 Å².